The monoisotopic (exact) mass is 257 g/mol. The average molecular weight is 257 g/mol. The molecule has 0 aromatic rings. The number of nitrogens with one attached hydrogen (secondary N) is 2. The van der Waals surface area contributed by atoms with Crippen molar-refractivity contribution in [2.24, 2.45) is 0 Å². The van der Waals surface area contributed by atoms with Crippen molar-refractivity contribution < 1.29 is 4.79 Å². The van der Waals surface area contributed by atoms with Crippen LogP contribution < -0.4 is 10.6 Å². The normalized spacial score (nSPS) is 14.6. The third kappa shape index (κ3) is 9.42. The molecule has 18 heavy (non-hydrogen) atoms. The molecule has 0 aromatic heterocycles. The molecular formula is C14H31N3O. The van der Waals surface area contributed by atoms with Crippen molar-refractivity contribution in [1.29, 1.82) is 0 Å². The number of hydrogen-bond acceptors (Lipinski definition) is 3. The zero-order valence-electron chi connectivity index (χ0n) is 12.8. The summed E-state index contributed by atoms with van der Waals surface area (Å²) in [5, 5.41) is 6.31. The molecule has 0 saturated heterocycles. The van der Waals surface area contributed by atoms with Crippen molar-refractivity contribution >= 4 is 5.91 Å². The number of rotatable bonds is 10. The molecule has 0 spiro atoms. The lowest BCUT2D eigenvalue weighted by atomic mass is 10.2. The van der Waals surface area contributed by atoms with Crippen LogP contribution in [0.25, 0.3) is 0 Å². The lowest BCUT2D eigenvalue weighted by Gasteiger charge is -2.21. The Kier molecular flexibility index (Phi) is 9.98. The minimum Gasteiger partial charge on any atom is -0.355 e. The van der Waals surface area contributed by atoms with Gasteiger partial charge in [-0.2, -0.15) is 0 Å². The summed E-state index contributed by atoms with van der Waals surface area (Å²) in [6.45, 7) is 8.06. The van der Waals surface area contributed by atoms with Crippen LogP contribution in [-0.2, 0) is 4.79 Å². The number of unbranched alkanes of at least 4 members (excludes halogenated alkanes) is 2. The van der Waals surface area contributed by atoms with E-state index in [-0.39, 0.29) is 11.9 Å². The fraction of sp³-hybridized carbons (Fsp3) is 0.929. The molecule has 0 saturated carbocycles. The predicted molar refractivity (Wildman–Crippen MR) is 77.8 cm³/mol. The van der Waals surface area contributed by atoms with Crippen molar-refractivity contribution in [3.8, 4) is 0 Å². The first kappa shape index (κ1) is 17.4. The molecule has 1 amide bonds. The Balaban J connectivity index is 3.71. The highest BCUT2D eigenvalue weighted by Gasteiger charge is 2.14. The van der Waals surface area contributed by atoms with Crippen LogP contribution in [0.4, 0.5) is 0 Å². The van der Waals surface area contributed by atoms with Gasteiger partial charge in [-0.25, -0.2) is 0 Å². The highest BCUT2D eigenvalue weighted by Crippen LogP contribution is 1.96. The second kappa shape index (κ2) is 10.3. The van der Waals surface area contributed by atoms with E-state index < -0.39 is 0 Å². The quantitative estimate of drug-likeness (QED) is 0.584. The molecule has 108 valence electrons. The Labute approximate surface area is 113 Å². The minimum absolute atomic E-state index is 0.108. The largest absolute Gasteiger partial charge is 0.355 e. The van der Waals surface area contributed by atoms with Gasteiger partial charge in [0.25, 0.3) is 0 Å². The summed E-state index contributed by atoms with van der Waals surface area (Å²) in [5.74, 6) is 0.114. The lowest BCUT2D eigenvalue weighted by molar-refractivity contribution is -0.122. The maximum atomic E-state index is 11.8. The second-order valence-electron chi connectivity index (χ2n) is 5.38. The molecule has 0 bridgehead atoms. The molecule has 0 aliphatic carbocycles. The van der Waals surface area contributed by atoms with Crippen LogP contribution in [-0.4, -0.2) is 50.1 Å². The van der Waals surface area contributed by atoms with Crippen LogP contribution >= 0.6 is 0 Å². The van der Waals surface area contributed by atoms with Gasteiger partial charge in [0, 0.05) is 12.6 Å². The Bertz CT molecular complexity index is 219. The molecule has 0 aromatic carbocycles. The maximum absolute atomic E-state index is 11.8. The standard InChI is InChI=1S/C14H31N3O/c1-6-7-8-10-15-14(18)13(3)16-12(2)9-11-17(4)5/h12-13,16H,6-11H2,1-5H3,(H,15,18). The molecule has 0 rings (SSSR count). The van der Waals surface area contributed by atoms with E-state index in [1.54, 1.807) is 0 Å². The molecule has 0 heterocycles. The van der Waals surface area contributed by atoms with Gasteiger partial charge >= 0.3 is 0 Å². The molecule has 0 fully saturated rings. The lowest BCUT2D eigenvalue weighted by Crippen LogP contribution is -2.46. The molecule has 4 nitrogen and oxygen atoms in total. The molecule has 2 atom stereocenters. The molecule has 0 aliphatic rings. The average Bonchev–Trinajstić information content (AvgIpc) is 2.31. The molecule has 2 N–H and O–H groups in total. The van der Waals surface area contributed by atoms with Crippen LogP contribution in [0.1, 0.15) is 46.5 Å². The molecule has 0 radical (unpaired) electrons. The smallest absolute Gasteiger partial charge is 0.236 e. The number of carbonyl (C=O) groups is 1. The summed E-state index contributed by atoms with van der Waals surface area (Å²) in [7, 11) is 4.13. The summed E-state index contributed by atoms with van der Waals surface area (Å²) in [6, 6.07) is 0.257. The first-order chi connectivity index (χ1) is 8.47. The third-order valence-corrected chi connectivity index (χ3v) is 3.02. The van der Waals surface area contributed by atoms with Crippen LogP contribution in [0.2, 0.25) is 0 Å². The first-order valence-corrected chi connectivity index (χ1v) is 7.15. The van der Waals surface area contributed by atoms with Crippen molar-refractivity contribution in [1.82, 2.24) is 15.5 Å². The minimum atomic E-state index is -0.108. The van der Waals surface area contributed by atoms with E-state index in [9.17, 15) is 4.79 Å². The van der Waals surface area contributed by atoms with E-state index in [0.717, 1.165) is 25.9 Å². The van der Waals surface area contributed by atoms with Gasteiger partial charge in [0.2, 0.25) is 5.91 Å². The first-order valence-electron chi connectivity index (χ1n) is 7.15. The zero-order valence-corrected chi connectivity index (χ0v) is 12.8. The van der Waals surface area contributed by atoms with Gasteiger partial charge < -0.3 is 15.5 Å². The van der Waals surface area contributed by atoms with Gasteiger partial charge in [-0.1, -0.05) is 19.8 Å². The fourth-order valence-corrected chi connectivity index (χ4v) is 1.78. The van der Waals surface area contributed by atoms with Crippen molar-refractivity contribution in [3.63, 3.8) is 0 Å². The van der Waals surface area contributed by atoms with Gasteiger partial charge in [-0.3, -0.25) is 4.79 Å². The number of amides is 1. The topological polar surface area (TPSA) is 44.4 Å². The van der Waals surface area contributed by atoms with E-state index in [0.29, 0.717) is 6.04 Å². The number of nitrogens with zero attached hydrogens (tertiary/aromatic N) is 1. The van der Waals surface area contributed by atoms with Crippen LogP contribution in [0.3, 0.4) is 0 Å². The summed E-state index contributed by atoms with van der Waals surface area (Å²) in [6.07, 6.45) is 4.50. The highest BCUT2D eigenvalue weighted by atomic mass is 16.2. The molecule has 2 unspecified atom stereocenters. The van der Waals surface area contributed by atoms with Crippen LogP contribution in [0.15, 0.2) is 0 Å². The van der Waals surface area contributed by atoms with Crippen molar-refractivity contribution in [3.05, 3.63) is 0 Å². The molecule has 0 aliphatic heterocycles. The van der Waals surface area contributed by atoms with Gasteiger partial charge in [0.05, 0.1) is 6.04 Å². The van der Waals surface area contributed by atoms with E-state index in [2.05, 4.69) is 43.5 Å². The fourth-order valence-electron chi connectivity index (χ4n) is 1.78. The Morgan fingerprint density at radius 2 is 1.89 bits per heavy atom. The second-order valence-corrected chi connectivity index (χ2v) is 5.38. The van der Waals surface area contributed by atoms with E-state index in [1.165, 1.54) is 12.8 Å². The Morgan fingerprint density at radius 3 is 2.44 bits per heavy atom. The Hall–Kier alpha value is -0.610. The van der Waals surface area contributed by atoms with Crippen molar-refractivity contribution in [2.75, 3.05) is 27.2 Å². The van der Waals surface area contributed by atoms with Crippen LogP contribution in [0.5, 0.6) is 0 Å². The van der Waals surface area contributed by atoms with E-state index in [4.69, 9.17) is 0 Å². The summed E-state index contributed by atoms with van der Waals surface area (Å²) < 4.78 is 0. The third-order valence-electron chi connectivity index (χ3n) is 3.02. The van der Waals surface area contributed by atoms with Gasteiger partial charge in [0.1, 0.15) is 0 Å². The van der Waals surface area contributed by atoms with E-state index in [1.807, 2.05) is 6.92 Å². The molecule has 4 heteroatoms. The summed E-state index contributed by atoms with van der Waals surface area (Å²) in [5.41, 5.74) is 0. The summed E-state index contributed by atoms with van der Waals surface area (Å²) >= 11 is 0. The summed E-state index contributed by atoms with van der Waals surface area (Å²) in [4.78, 5) is 14.0. The highest BCUT2D eigenvalue weighted by molar-refractivity contribution is 5.81. The molecular weight excluding hydrogens is 226 g/mol. The number of hydrogen-bond donors (Lipinski definition) is 2. The van der Waals surface area contributed by atoms with Gasteiger partial charge in [-0.15, -0.1) is 0 Å². The number of carbonyl (C=O) groups excluding carboxylic acids is 1. The SMILES string of the molecule is CCCCCNC(=O)C(C)NC(C)CCN(C)C. The Morgan fingerprint density at radius 1 is 1.22 bits per heavy atom. The van der Waals surface area contributed by atoms with Crippen LogP contribution in [0, 0.1) is 0 Å². The van der Waals surface area contributed by atoms with E-state index >= 15 is 0 Å². The van der Waals surface area contributed by atoms with Gasteiger partial charge in [-0.05, 0) is 47.3 Å². The van der Waals surface area contributed by atoms with Gasteiger partial charge in [0.15, 0.2) is 0 Å². The maximum Gasteiger partial charge on any atom is 0.236 e. The predicted octanol–water partition coefficient (Wildman–Crippen LogP) is 1.61. The zero-order chi connectivity index (χ0) is 14.0. The van der Waals surface area contributed by atoms with Crippen molar-refractivity contribution in [2.45, 2.75) is 58.5 Å².